The first-order chi connectivity index (χ1) is 15.5. The van der Waals surface area contributed by atoms with Crippen LogP contribution < -0.4 is 10.6 Å². The molecule has 2 aliphatic heterocycles. The van der Waals surface area contributed by atoms with Gasteiger partial charge in [0.05, 0.1) is 12.6 Å². The van der Waals surface area contributed by atoms with E-state index < -0.39 is 12.1 Å². The van der Waals surface area contributed by atoms with Gasteiger partial charge in [0.1, 0.15) is 12.6 Å². The number of aromatic nitrogens is 1. The minimum atomic E-state index is -0.499. The van der Waals surface area contributed by atoms with Crippen LogP contribution >= 0.6 is 0 Å². The number of aryl methyl sites for hydroxylation is 2. The molecule has 2 fully saturated rings. The van der Waals surface area contributed by atoms with Gasteiger partial charge in [-0.15, -0.1) is 0 Å². The number of anilines is 1. The number of imide groups is 1. The van der Waals surface area contributed by atoms with Crippen molar-refractivity contribution in [3.63, 3.8) is 0 Å². The summed E-state index contributed by atoms with van der Waals surface area (Å²) in [6.07, 6.45) is 5.60. The molecule has 0 aliphatic carbocycles. The van der Waals surface area contributed by atoms with Crippen molar-refractivity contribution >= 4 is 23.5 Å². The number of benzene rings is 1. The molecule has 1 aromatic heterocycles. The van der Waals surface area contributed by atoms with Gasteiger partial charge in [-0.3, -0.25) is 19.5 Å². The van der Waals surface area contributed by atoms with Crippen molar-refractivity contribution in [1.29, 1.82) is 0 Å². The molecular formula is C24H29N5O3. The zero-order valence-corrected chi connectivity index (χ0v) is 18.5. The summed E-state index contributed by atoms with van der Waals surface area (Å²) >= 11 is 0. The Bertz CT molecular complexity index is 1010. The zero-order valence-electron chi connectivity index (χ0n) is 18.5. The second-order valence-electron chi connectivity index (χ2n) is 8.34. The Kier molecular flexibility index (Phi) is 6.50. The largest absolute Gasteiger partial charge is 0.327 e. The number of para-hydroxylation sites is 1. The number of nitrogens with one attached hydrogen (secondary N) is 2. The maximum absolute atomic E-state index is 13.4. The number of urea groups is 1. The molecule has 2 atom stereocenters. The predicted molar refractivity (Wildman–Crippen MR) is 121 cm³/mol. The van der Waals surface area contributed by atoms with Crippen LogP contribution in [-0.2, 0) is 22.6 Å². The van der Waals surface area contributed by atoms with E-state index in [1.54, 1.807) is 29.4 Å². The Hall–Kier alpha value is -3.26. The highest BCUT2D eigenvalue weighted by atomic mass is 16.2. The third-order valence-electron chi connectivity index (χ3n) is 6.24. The van der Waals surface area contributed by atoms with Crippen molar-refractivity contribution < 1.29 is 14.4 Å². The molecule has 8 heteroatoms. The van der Waals surface area contributed by atoms with Gasteiger partial charge in [-0.1, -0.05) is 25.1 Å². The Morgan fingerprint density at radius 1 is 1.22 bits per heavy atom. The molecule has 2 unspecified atom stereocenters. The number of hydrogen-bond donors (Lipinski definition) is 2. The van der Waals surface area contributed by atoms with E-state index in [-0.39, 0.29) is 30.9 Å². The summed E-state index contributed by atoms with van der Waals surface area (Å²) in [5, 5.41) is 6.26. The lowest BCUT2D eigenvalue weighted by molar-refractivity contribution is -0.138. The van der Waals surface area contributed by atoms with Gasteiger partial charge < -0.3 is 15.5 Å². The first kappa shape index (κ1) is 22.0. The number of nitrogens with zero attached hydrogens (tertiary/aromatic N) is 3. The van der Waals surface area contributed by atoms with Gasteiger partial charge in [-0.25, -0.2) is 4.79 Å². The van der Waals surface area contributed by atoms with Gasteiger partial charge in [0.25, 0.3) is 0 Å². The van der Waals surface area contributed by atoms with Gasteiger partial charge in [-0.05, 0) is 61.6 Å². The van der Waals surface area contributed by atoms with E-state index in [1.165, 1.54) is 4.90 Å². The molecule has 2 N–H and O–H groups in total. The summed E-state index contributed by atoms with van der Waals surface area (Å²) < 4.78 is 0. The fraction of sp³-hybridized carbons (Fsp3) is 0.417. The van der Waals surface area contributed by atoms with E-state index in [0.717, 1.165) is 35.2 Å². The Balaban J connectivity index is 1.56. The lowest BCUT2D eigenvalue weighted by Gasteiger charge is -2.46. The third kappa shape index (κ3) is 4.36. The number of rotatable bonds is 6. The fourth-order valence-corrected chi connectivity index (χ4v) is 4.56. The van der Waals surface area contributed by atoms with Crippen LogP contribution in [0.5, 0.6) is 0 Å². The summed E-state index contributed by atoms with van der Waals surface area (Å²) in [5.41, 5.74) is 3.64. The Morgan fingerprint density at radius 3 is 2.75 bits per heavy atom. The molecule has 2 saturated heterocycles. The Labute approximate surface area is 188 Å². The van der Waals surface area contributed by atoms with Crippen LogP contribution in [0, 0.1) is 6.92 Å². The number of carbonyl (C=O) groups is 3. The van der Waals surface area contributed by atoms with Crippen LogP contribution in [0.15, 0.2) is 42.7 Å². The fourth-order valence-electron chi connectivity index (χ4n) is 4.56. The van der Waals surface area contributed by atoms with Crippen molar-refractivity contribution in [1.82, 2.24) is 20.1 Å². The molecule has 0 bridgehead atoms. The first-order valence-electron chi connectivity index (χ1n) is 11.1. The number of fused-ring (bicyclic) bond motifs is 1. The number of piperidine rings is 1. The van der Waals surface area contributed by atoms with E-state index in [4.69, 9.17) is 0 Å². The zero-order chi connectivity index (χ0) is 22.7. The highest BCUT2D eigenvalue weighted by molar-refractivity contribution is 6.03. The van der Waals surface area contributed by atoms with Crippen molar-refractivity contribution in [3.8, 4) is 0 Å². The van der Waals surface area contributed by atoms with Crippen molar-refractivity contribution in [3.05, 3.63) is 59.4 Å². The van der Waals surface area contributed by atoms with Crippen molar-refractivity contribution in [2.24, 2.45) is 0 Å². The quantitative estimate of drug-likeness (QED) is 0.727. The predicted octanol–water partition coefficient (Wildman–Crippen LogP) is 2.48. The van der Waals surface area contributed by atoms with Crippen LogP contribution in [0.2, 0.25) is 0 Å². The molecule has 0 saturated carbocycles. The van der Waals surface area contributed by atoms with Crippen molar-refractivity contribution in [2.75, 3.05) is 18.4 Å². The molecule has 32 heavy (non-hydrogen) atoms. The molecular weight excluding hydrogens is 406 g/mol. The average Bonchev–Trinajstić information content (AvgIpc) is 2.81. The van der Waals surface area contributed by atoms with E-state index in [1.807, 2.05) is 32.0 Å². The molecule has 4 rings (SSSR count). The van der Waals surface area contributed by atoms with Gasteiger partial charge in [0.2, 0.25) is 11.8 Å². The van der Waals surface area contributed by atoms with Gasteiger partial charge in [-0.2, -0.15) is 0 Å². The first-order valence-corrected chi connectivity index (χ1v) is 11.1. The molecule has 4 amide bonds. The van der Waals surface area contributed by atoms with Gasteiger partial charge >= 0.3 is 6.03 Å². The van der Waals surface area contributed by atoms with Crippen LogP contribution in [-0.4, -0.2) is 57.8 Å². The second-order valence-corrected chi connectivity index (χ2v) is 8.34. The lowest BCUT2D eigenvalue weighted by Crippen LogP contribution is -2.70. The maximum atomic E-state index is 13.4. The summed E-state index contributed by atoms with van der Waals surface area (Å²) in [6, 6.07) is 8.23. The lowest BCUT2D eigenvalue weighted by atomic mass is 9.93. The molecule has 1 aromatic carbocycles. The topological polar surface area (TPSA) is 94.6 Å². The summed E-state index contributed by atoms with van der Waals surface area (Å²) in [7, 11) is 0. The SMILES string of the molecule is CCc1cccc(C)c1NC(=O)CN1C(=O)N(Cc2ccncc2)C(=O)C2NCCCC21. The maximum Gasteiger partial charge on any atom is 0.327 e. The minimum Gasteiger partial charge on any atom is -0.324 e. The normalized spacial score (nSPS) is 20.8. The highest BCUT2D eigenvalue weighted by Crippen LogP contribution is 2.26. The smallest absolute Gasteiger partial charge is 0.324 e. The van der Waals surface area contributed by atoms with Crippen LogP contribution in [0.1, 0.15) is 36.5 Å². The highest BCUT2D eigenvalue weighted by Gasteiger charge is 2.47. The van der Waals surface area contributed by atoms with Crippen LogP contribution in [0.25, 0.3) is 0 Å². The molecule has 3 heterocycles. The summed E-state index contributed by atoms with van der Waals surface area (Å²) in [5.74, 6) is -0.495. The number of pyridine rings is 1. The molecule has 0 spiro atoms. The molecule has 168 valence electrons. The molecule has 2 aromatic rings. The monoisotopic (exact) mass is 435 g/mol. The van der Waals surface area contributed by atoms with E-state index in [2.05, 4.69) is 15.6 Å². The van der Waals surface area contributed by atoms with Gasteiger partial charge in [0.15, 0.2) is 0 Å². The summed E-state index contributed by atoms with van der Waals surface area (Å²) in [4.78, 5) is 46.3. The standard InChI is InChI=1S/C24H29N5O3/c1-3-18-7-4-6-16(2)21(18)27-20(30)15-28-19-8-5-11-26-22(19)23(31)29(24(28)32)14-17-9-12-25-13-10-17/h4,6-7,9-10,12-13,19,22,26H,3,5,8,11,14-15H2,1-2H3,(H,27,30). The van der Waals surface area contributed by atoms with E-state index in [0.29, 0.717) is 13.0 Å². The molecule has 0 radical (unpaired) electrons. The van der Waals surface area contributed by atoms with Crippen LogP contribution in [0.3, 0.4) is 0 Å². The van der Waals surface area contributed by atoms with Crippen molar-refractivity contribution in [2.45, 2.75) is 51.7 Å². The molecule has 2 aliphatic rings. The van der Waals surface area contributed by atoms with E-state index >= 15 is 0 Å². The summed E-state index contributed by atoms with van der Waals surface area (Å²) in [6.45, 7) is 4.77. The minimum absolute atomic E-state index is 0.0979. The second kappa shape index (κ2) is 9.48. The number of hydrogen-bond acceptors (Lipinski definition) is 5. The average molecular weight is 436 g/mol. The van der Waals surface area contributed by atoms with Gasteiger partial charge in [0, 0.05) is 18.1 Å². The third-order valence-corrected chi connectivity index (χ3v) is 6.24. The van der Waals surface area contributed by atoms with Crippen LogP contribution in [0.4, 0.5) is 10.5 Å². The molecule has 8 nitrogen and oxygen atoms in total. The van der Waals surface area contributed by atoms with E-state index in [9.17, 15) is 14.4 Å². The Morgan fingerprint density at radius 2 is 2.00 bits per heavy atom. The number of amides is 4. The number of carbonyl (C=O) groups excluding carboxylic acids is 3.